The molecule has 0 bridgehead atoms. The Labute approximate surface area is 197 Å². The molecule has 2 heterocycles. The zero-order chi connectivity index (χ0) is 24.5. The van der Waals surface area contributed by atoms with Crippen LogP contribution in [0.1, 0.15) is 11.1 Å². The largest absolute Gasteiger partial charge is 0.350 e. The zero-order valence-corrected chi connectivity index (χ0v) is 18.3. The Morgan fingerprint density at radius 2 is 1.69 bits per heavy atom. The monoisotopic (exact) mass is 476 g/mol. The van der Waals surface area contributed by atoms with Crippen LogP contribution in [0.5, 0.6) is 0 Å². The van der Waals surface area contributed by atoms with Crippen molar-refractivity contribution >= 4 is 16.8 Å². The van der Waals surface area contributed by atoms with E-state index in [9.17, 15) is 22.8 Å². The average Bonchev–Trinajstić information content (AvgIpc) is 3.15. The smallest absolute Gasteiger partial charge is 0.278 e. The van der Waals surface area contributed by atoms with Gasteiger partial charge < -0.3 is 9.88 Å². The van der Waals surface area contributed by atoms with Gasteiger partial charge in [-0.2, -0.15) is 5.10 Å². The summed E-state index contributed by atoms with van der Waals surface area (Å²) in [6.07, 6.45) is 1.55. The highest BCUT2D eigenvalue weighted by molar-refractivity contribution is 5.93. The van der Waals surface area contributed by atoms with Crippen molar-refractivity contribution in [3.63, 3.8) is 0 Å². The number of pyridine rings is 1. The second-order valence-corrected chi connectivity index (χ2v) is 8.14. The Bertz CT molecular complexity index is 1570. The van der Waals surface area contributed by atoms with Gasteiger partial charge >= 0.3 is 0 Å². The Morgan fingerprint density at radius 3 is 2.46 bits per heavy atom. The maximum absolute atomic E-state index is 14.3. The van der Waals surface area contributed by atoms with Gasteiger partial charge in [0.15, 0.2) is 0 Å². The lowest BCUT2D eigenvalue weighted by Gasteiger charge is -2.14. The molecular formula is C26H19F3N4O2. The molecule has 0 spiro atoms. The molecule has 9 heteroatoms. The van der Waals surface area contributed by atoms with E-state index in [-0.39, 0.29) is 36.7 Å². The van der Waals surface area contributed by atoms with Gasteiger partial charge in [0.25, 0.3) is 5.56 Å². The number of aromatic nitrogens is 3. The minimum absolute atomic E-state index is 0.119. The molecule has 0 unspecified atom stereocenters. The first-order valence-electron chi connectivity index (χ1n) is 10.8. The van der Waals surface area contributed by atoms with Crippen LogP contribution < -0.4 is 10.9 Å². The number of amides is 1. The van der Waals surface area contributed by atoms with Crippen molar-refractivity contribution in [2.75, 3.05) is 0 Å². The first kappa shape index (κ1) is 22.4. The van der Waals surface area contributed by atoms with Crippen LogP contribution in [0.15, 0.2) is 77.7 Å². The van der Waals surface area contributed by atoms with Gasteiger partial charge in [-0.3, -0.25) is 9.59 Å². The number of halogens is 3. The molecule has 0 aromatic heterocycles. The summed E-state index contributed by atoms with van der Waals surface area (Å²) < 4.78 is 44.1. The number of nitrogens with one attached hydrogen (secondary N) is 1. The topological polar surface area (TPSA) is 68.9 Å². The predicted molar refractivity (Wildman–Crippen MR) is 124 cm³/mol. The predicted octanol–water partition coefficient (Wildman–Crippen LogP) is 4.08. The van der Waals surface area contributed by atoms with Gasteiger partial charge in [-0.05, 0) is 42.0 Å². The van der Waals surface area contributed by atoms with Crippen LogP contribution in [0.3, 0.4) is 0 Å². The number of rotatable bonds is 6. The molecule has 0 aliphatic carbocycles. The fourth-order valence-corrected chi connectivity index (χ4v) is 3.99. The fourth-order valence-electron chi connectivity index (χ4n) is 3.99. The van der Waals surface area contributed by atoms with Gasteiger partial charge in [0, 0.05) is 23.7 Å². The van der Waals surface area contributed by atoms with Crippen molar-refractivity contribution < 1.29 is 18.0 Å². The minimum atomic E-state index is -0.523. The Balaban J connectivity index is 1.49. The molecule has 0 fully saturated rings. The molecular weight excluding hydrogens is 457 g/mol. The molecule has 35 heavy (non-hydrogen) atoms. The van der Waals surface area contributed by atoms with E-state index in [0.29, 0.717) is 22.0 Å². The lowest BCUT2D eigenvalue weighted by molar-refractivity contribution is -0.122. The quantitative estimate of drug-likeness (QED) is 0.402. The summed E-state index contributed by atoms with van der Waals surface area (Å²) in [5.74, 6) is -1.75. The van der Waals surface area contributed by atoms with Gasteiger partial charge in [0.1, 0.15) is 29.7 Å². The second-order valence-electron chi connectivity index (χ2n) is 8.14. The van der Waals surface area contributed by atoms with Crippen molar-refractivity contribution in [1.82, 2.24) is 19.7 Å². The van der Waals surface area contributed by atoms with E-state index in [1.807, 2.05) is 0 Å². The summed E-state index contributed by atoms with van der Waals surface area (Å²) in [5, 5.41) is 7.34. The SMILES string of the molecule is O=C(Cn1nc2c3cc(F)ccc3n(Cc3ccccc3F)cc-2c1=O)NCc1ccc(F)cc1. The molecule has 5 rings (SSSR count). The summed E-state index contributed by atoms with van der Waals surface area (Å²) in [4.78, 5) is 25.5. The molecule has 0 saturated carbocycles. The number of carbonyl (C=O) groups is 1. The van der Waals surface area contributed by atoms with Crippen molar-refractivity contribution in [3.8, 4) is 11.3 Å². The molecule has 3 aromatic carbocycles. The van der Waals surface area contributed by atoms with E-state index in [2.05, 4.69) is 10.4 Å². The van der Waals surface area contributed by atoms with E-state index in [4.69, 9.17) is 0 Å². The van der Waals surface area contributed by atoms with Crippen molar-refractivity contribution in [2.45, 2.75) is 19.6 Å². The van der Waals surface area contributed by atoms with Crippen molar-refractivity contribution in [1.29, 1.82) is 0 Å². The third-order valence-electron chi connectivity index (χ3n) is 5.74. The van der Waals surface area contributed by atoms with Crippen LogP contribution in [0.25, 0.3) is 22.2 Å². The molecule has 0 atom stereocenters. The Kier molecular flexibility index (Phi) is 5.82. The van der Waals surface area contributed by atoms with Gasteiger partial charge in [0.05, 0.1) is 17.6 Å². The third-order valence-corrected chi connectivity index (χ3v) is 5.74. The highest BCUT2D eigenvalue weighted by Crippen LogP contribution is 2.29. The van der Waals surface area contributed by atoms with Crippen LogP contribution in [0.2, 0.25) is 0 Å². The molecule has 6 nitrogen and oxygen atoms in total. The van der Waals surface area contributed by atoms with E-state index in [0.717, 1.165) is 4.68 Å². The van der Waals surface area contributed by atoms with E-state index >= 15 is 0 Å². The maximum Gasteiger partial charge on any atom is 0.278 e. The first-order chi connectivity index (χ1) is 16.9. The number of benzene rings is 3. The highest BCUT2D eigenvalue weighted by Gasteiger charge is 2.22. The molecule has 176 valence electrons. The van der Waals surface area contributed by atoms with Gasteiger partial charge in [-0.25, -0.2) is 17.9 Å². The van der Waals surface area contributed by atoms with Gasteiger partial charge in [0.2, 0.25) is 5.91 Å². The number of hydrogen-bond donors (Lipinski definition) is 1. The minimum Gasteiger partial charge on any atom is -0.350 e. The average molecular weight is 476 g/mol. The normalized spacial score (nSPS) is 11.3. The van der Waals surface area contributed by atoms with Crippen LogP contribution in [0, 0.1) is 17.5 Å². The standard InChI is InChI=1S/C26H19F3N4O2/c27-18-7-5-16(6-8-18)12-30-24(34)15-33-26(35)21-14-32(13-17-3-1-2-4-22(17)29)23-10-9-19(28)11-20(23)25(21)31-33/h1-11,14H,12-13,15H2,(H,30,34). The summed E-state index contributed by atoms with van der Waals surface area (Å²) in [6.45, 7) is -0.0722. The number of hydrogen-bond acceptors (Lipinski definition) is 3. The number of fused-ring (bicyclic) bond motifs is 3. The van der Waals surface area contributed by atoms with Crippen LogP contribution in [0.4, 0.5) is 13.2 Å². The summed E-state index contributed by atoms with van der Waals surface area (Å²) >= 11 is 0. The lowest BCUT2D eigenvalue weighted by Crippen LogP contribution is -2.31. The summed E-state index contributed by atoms with van der Waals surface area (Å²) in [7, 11) is 0. The number of nitrogens with zero attached hydrogens (tertiary/aromatic N) is 3. The lowest BCUT2D eigenvalue weighted by atomic mass is 10.1. The van der Waals surface area contributed by atoms with Crippen molar-refractivity contribution in [2.24, 2.45) is 0 Å². The zero-order valence-electron chi connectivity index (χ0n) is 18.3. The molecule has 3 aromatic rings. The van der Waals surface area contributed by atoms with E-state index in [1.54, 1.807) is 47.2 Å². The van der Waals surface area contributed by atoms with Gasteiger partial charge in [-0.15, -0.1) is 0 Å². The molecule has 2 aliphatic rings. The van der Waals surface area contributed by atoms with E-state index < -0.39 is 23.1 Å². The maximum atomic E-state index is 14.3. The molecule has 0 radical (unpaired) electrons. The first-order valence-corrected chi connectivity index (χ1v) is 10.8. The fraction of sp³-hybridized carbons (Fsp3) is 0.115. The molecule has 2 aliphatic heterocycles. The van der Waals surface area contributed by atoms with Crippen molar-refractivity contribution in [3.05, 3.63) is 112 Å². The number of carbonyl (C=O) groups excluding carboxylic acids is 1. The summed E-state index contributed by atoms with van der Waals surface area (Å²) in [5.41, 5.74) is 1.58. The van der Waals surface area contributed by atoms with Gasteiger partial charge in [-0.1, -0.05) is 30.3 Å². The molecule has 1 N–H and O–H groups in total. The summed E-state index contributed by atoms with van der Waals surface area (Å²) in [6, 6.07) is 16.0. The second kappa shape index (κ2) is 9.09. The Morgan fingerprint density at radius 1 is 0.943 bits per heavy atom. The third kappa shape index (κ3) is 4.52. The molecule has 1 amide bonds. The van der Waals surface area contributed by atoms with Crippen LogP contribution >= 0.6 is 0 Å². The molecule has 0 saturated heterocycles. The highest BCUT2D eigenvalue weighted by atomic mass is 19.1. The van der Waals surface area contributed by atoms with Crippen LogP contribution in [-0.4, -0.2) is 20.3 Å². The van der Waals surface area contributed by atoms with E-state index in [1.165, 1.54) is 30.3 Å². The Hall–Kier alpha value is -4.40. The van der Waals surface area contributed by atoms with Crippen LogP contribution in [-0.2, 0) is 24.4 Å².